The molecule has 0 atom stereocenters. The number of rotatable bonds is 1. The molecule has 3 nitrogen and oxygen atoms in total. The third-order valence-corrected chi connectivity index (χ3v) is 4.12. The van der Waals surface area contributed by atoms with E-state index in [-0.39, 0.29) is 6.79 Å². The Labute approximate surface area is 106 Å². The summed E-state index contributed by atoms with van der Waals surface area (Å²) in [6.45, 7) is 4.51. The molecule has 1 aromatic rings. The lowest BCUT2D eigenvalue weighted by Crippen LogP contribution is -2.27. The Kier molecular flexibility index (Phi) is 2.89. The van der Waals surface area contributed by atoms with Crippen LogP contribution in [0.5, 0.6) is 11.5 Å². The van der Waals surface area contributed by atoms with Gasteiger partial charge in [0.05, 0.1) is 5.02 Å². The maximum Gasteiger partial charge on any atom is 0.231 e. The molecule has 92 valence electrons. The summed E-state index contributed by atoms with van der Waals surface area (Å²) < 4.78 is 10.8. The van der Waals surface area contributed by atoms with Gasteiger partial charge in [0, 0.05) is 0 Å². The highest BCUT2D eigenvalue weighted by molar-refractivity contribution is 6.33. The van der Waals surface area contributed by atoms with Crippen molar-refractivity contribution in [2.24, 2.45) is 0 Å². The summed E-state index contributed by atoms with van der Waals surface area (Å²) in [6.07, 6.45) is 2.33. The van der Waals surface area contributed by atoms with Crippen LogP contribution in [0.25, 0.3) is 0 Å². The molecule has 0 saturated carbocycles. The van der Waals surface area contributed by atoms with Gasteiger partial charge in [0.25, 0.3) is 0 Å². The summed E-state index contributed by atoms with van der Waals surface area (Å²) in [5.41, 5.74) is 2.46. The Morgan fingerprint density at radius 1 is 1.29 bits per heavy atom. The second kappa shape index (κ2) is 4.39. The van der Waals surface area contributed by atoms with Gasteiger partial charge in [-0.15, -0.1) is 0 Å². The first-order valence-corrected chi connectivity index (χ1v) is 6.44. The number of benzene rings is 1. The summed E-state index contributed by atoms with van der Waals surface area (Å²) >= 11 is 6.34. The fourth-order valence-corrected chi connectivity index (χ4v) is 2.93. The molecule has 1 fully saturated rings. The van der Waals surface area contributed by atoms with Gasteiger partial charge in [-0.3, -0.25) is 0 Å². The van der Waals surface area contributed by atoms with Crippen molar-refractivity contribution < 1.29 is 9.47 Å². The molecule has 1 N–H and O–H groups in total. The second-order valence-corrected chi connectivity index (χ2v) is 5.04. The molecule has 2 aliphatic heterocycles. The fraction of sp³-hybridized carbons (Fsp3) is 0.538. The van der Waals surface area contributed by atoms with E-state index in [0.717, 1.165) is 37.2 Å². The first kappa shape index (κ1) is 11.2. The van der Waals surface area contributed by atoms with E-state index in [1.807, 2.05) is 0 Å². The van der Waals surface area contributed by atoms with E-state index in [0.29, 0.717) is 16.7 Å². The molecule has 1 aromatic carbocycles. The lowest BCUT2D eigenvalue weighted by atomic mass is 9.87. The van der Waals surface area contributed by atoms with Crippen molar-refractivity contribution >= 4 is 11.6 Å². The maximum absolute atomic E-state index is 6.34. The fourth-order valence-electron chi connectivity index (χ4n) is 2.67. The quantitative estimate of drug-likeness (QED) is 0.835. The molecule has 17 heavy (non-hydrogen) atoms. The number of piperidine rings is 1. The maximum atomic E-state index is 6.34. The summed E-state index contributed by atoms with van der Waals surface area (Å²) in [7, 11) is 0. The number of hydrogen-bond donors (Lipinski definition) is 1. The number of halogens is 1. The van der Waals surface area contributed by atoms with Crippen LogP contribution in [0, 0.1) is 6.92 Å². The van der Waals surface area contributed by atoms with Gasteiger partial charge in [0.1, 0.15) is 0 Å². The molecule has 0 amide bonds. The third-order valence-electron chi connectivity index (χ3n) is 3.67. The van der Waals surface area contributed by atoms with Crippen molar-refractivity contribution in [1.82, 2.24) is 5.32 Å². The van der Waals surface area contributed by atoms with Crippen LogP contribution in [0.3, 0.4) is 0 Å². The zero-order valence-corrected chi connectivity index (χ0v) is 10.6. The highest BCUT2D eigenvalue weighted by Crippen LogP contribution is 2.45. The smallest absolute Gasteiger partial charge is 0.231 e. The first-order chi connectivity index (χ1) is 8.27. The van der Waals surface area contributed by atoms with Crippen molar-refractivity contribution in [3.8, 4) is 11.5 Å². The van der Waals surface area contributed by atoms with E-state index in [1.54, 1.807) is 0 Å². The van der Waals surface area contributed by atoms with E-state index in [2.05, 4.69) is 18.3 Å². The highest BCUT2D eigenvalue weighted by Gasteiger charge is 2.25. The van der Waals surface area contributed by atoms with Gasteiger partial charge >= 0.3 is 0 Å². The standard InChI is InChI=1S/C13H16ClNO2/c1-8-10(9-2-4-15-5-3-9)6-11-13(12(8)14)17-7-16-11/h6,9,15H,2-5,7H2,1H3. The van der Waals surface area contributed by atoms with Crippen LogP contribution in [-0.2, 0) is 0 Å². The van der Waals surface area contributed by atoms with Gasteiger partial charge in [-0.25, -0.2) is 0 Å². The molecular weight excluding hydrogens is 238 g/mol. The SMILES string of the molecule is Cc1c(C2CCNCC2)cc2c(c1Cl)OCO2. The molecule has 1 saturated heterocycles. The van der Waals surface area contributed by atoms with Gasteiger partial charge < -0.3 is 14.8 Å². The molecule has 2 heterocycles. The Bertz CT molecular complexity index is 442. The summed E-state index contributed by atoms with van der Waals surface area (Å²) in [4.78, 5) is 0. The zero-order valence-electron chi connectivity index (χ0n) is 9.88. The van der Waals surface area contributed by atoms with Gasteiger partial charge in [-0.1, -0.05) is 11.6 Å². The number of hydrogen-bond acceptors (Lipinski definition) is 3. The van der Waals surface area contributed by atoms with Gasteiger partial charge in [-0.05, 0) is 56.0 Å². The molecule has 0 unspecified atom stereocenters. The first-order valence-electron chi connectivity index (χ1n) is 6.06. The third kappa shape index (κ3) is 1.87. The summed E-state index contributed by atoms with van der Waals surface area (Å²) in [5, 5.41) is 4.10. The summed E-state index contributed by atoms with van der Waals surface area (Å²) in [5.74, 6) is 2.10. The number of nitrogens with one attached hydrogen (secondary N) is 1. The van der Waals surface area contributed by atoms with Gasteiger partial charge in [0.2, 0.25) is 6.79 Å². The van der Waals surface area contributed by atoms with Crippen molar-refractivity contribution in [3.63, 3.8) is 0 Å². The molecule has 0 aliphatic carbocycles. The van der Waals surface area contributed by atoms with E-state index in [4.69, 9.17) is 21.1 Å². The van der Waals surface area contributed by atoms with Crippen LogP contribution in [-0.4, -0.2) is 19.9 Å². The van der Waals surface area contributed by atoms with Gasteiger partial charge in [0.15, 0.2) is 11.5 Å². The Hall–Kier alpha value is -0.930. The highest BCUT2D eigenvalue weighted by atomic mass is 35.5. The van der Waals surface area contributed by atoms with Crippen molar-refractivity contribution in [1.29, 1.82) is 0 Å². The predicted molar refractivity (Wildman–Crippen MR) is 67.2 cm³/mol. The van der Waals surface area contributed by atoms with Crippen LogP contribution in [0.1, 0.15) is 29.9 Å². The predicted octanol–water partition coefficient (Wildman–Crippen LogP) is 2.84. The van der Waals surface area contributed by atoms with E-state index in [1.165, 1.54) is 5.56 Å². The second-order valence-electron chi connectivity index (χ2n) is 4.66. The Morgan fingerprint density at radius 3 is 2.82 bits per heavy atom. The molecular formula is C13H16ClNO2. The molecule has 3 rings (SSSR count). The lowest BCUT2D eigenvalue weighted by molar-refractivity contribution is 0.174. The minimum atomic E-state index is 0.282. The molecule has 0 aromatic heterocycles. The van der Waals surface area contributed by atoms with Crippen molar-refractivity contribution in [2.45, 2.75) is 25.7 Å². The van der Waals surface area contributed by atoms with Crippen LogP contribution >= 0.6 is 11.6 Å². The topological polar surface area (TPSA) is 30.5 Å². The minimum Gasteiger partial charge on any atom is -0.454 e. The Morgan fingerprint density at radius 2 is 2.06 bits per heavy atom. The minimum absolute atomic E-state index is 0.282. The largest absolute Gasteiger partial charge is 0.454 e. The van der Waals surface area contributed by atoms with Crippen LogP contribution in [0.15, 0.2) is 6.07 Å². The van der Waals surface area contributed by atoms with Gasteiger partial charge in [-0.2, -0.15) is 0 Å². The lowest BCUT2D eigenvalue weighted by Gasteiger charge is -2.25. The monoisotopic (exact) mass is 253 g/mol. The molecule has 0 radical (unpaired) electrons. The molecule has 0 spiro atoms. The number of fused-ring (bicyclic) bond motifs is 1. The van der Waals surface area contributed by atoms with Crippen molar-refractivity contribution in [3.05, 3.63) is 22.2 Å². The zero-order chi connectivity index (χ0) is 11.8. The average molecular weight is 254 g/mol. The molecule has 2 aliphatic rings. The normalized spacial score (nSPS) is 19.6. The van der Waals surface area contributed by atoms with E-state index in [9.17, 15) is 0 Å². The van der Waals surface area contributed by atoms with Crippen LogP contribution < -0.4 is 14.8 Å². The van der Waals surface area contributed by atoms with E-state index < -0.39 is 0 Å². The average Bonchev–Trinajstić information content (AvgIpc) is 2.83. The van der Waals surface area contributed by atoms with Crippen LogP contribution in [0.4, 0.5) is 0 Å². The summed E-state index contributed by atoms with van der Waals surface area (Å²) in [6, 6.07) is 2.11. The number of ether oxygens (including phenoxy) is 2. The molecule has 4 heteroatoms. The Balaban J connectivity index is 2.01. The van der Waals surface area contributed by atoms with Crippen molar-refractivity contribution in [2.75, 3.05) is 19.9 Å². The van der Waals surface area contributed by atoms with E-state index >= 15 is 0 Å². The molecule has 0 bridgehead atoms. The van der Waals surface area contributed by atoms with Crippen LogP contribution in [0.2, 0.25) is 5.02 Å².